The SMILES string of the molecule is CN1C(=O)c2ccc(OC(=O)CCCc3ccc(N)cc3)cc2C1=O. The number of hydrogen-bond acceptors (Lipinski definition) is 5. The topological polar surface area (TPSA) is 89.7 Å². The summed E-state index contributed by atoms with van der Waals surface area (Å²) >= 11 is 0. The van der Waals surface area contributed by atoms with Gasteiger partial charge in [0.05, 0.1) is 11.1 Å². The predicted octanol–water partition coefficient (Wildman–Crippen LogP) is 2.42. The standard InChI is InChI=1S/C19H18N2O4/c1-21-18(23)15-10-9-14(11-16(15)19(21)24)25-17(22)4-2-3-12-5-7-13(20)8-6-12/h5-11H,2-4,20H2,1H3. The van der Waals surface area contributed by atoms with E-state index in [1.807, 2.05) is 24.3 Å². The minimum Gasteiger partial charge on any atom is -0.427 e. The van der Waals surface area contributed by atoms with Crippen molar-refractivity contribution in [3.63, 3.8) is 0 Å². The van der Waals surface area contributed by atoms with Crippen LogP contribution in [0.3, 0.4) is 0 Å². The van der Waals surface area contributed by atoms with Gasteiger partial charge in [-0.15, -0.1) is 0 Å². The number of carbonyl (C=O) groups is 3. The molecule has 0 spiro atoms. The van der Waals surface area contributed by atoms with Crippen molar-refractivity contribution in [1.29, 1.82) is 0 Å². The highest BCUT2D eigenvalue weighted by atomic mass is 16.5. The van der Waals surface area contributed by atoms with Crippen molar-refractivity contribution in [2.45, 2.75) is 19.3 Å². The molecule has 25 heavy (non-hydrogen) atoms. The molecule has 6 nitrogen and oxygen atoms in total. The van der Waals surface area contributed by atoms with E-state index in [9.17, 15) is 14.4 Å². The number of benzene rings is 2. The highest BCUT2D eigenvalue weighted by Crippen LogP contribution is 2.26. The molecule has 0 saturated carbocycles. The number of nitrogen functional groups attached to an aromatic ring is 1. The highest BCUT2D eigenvalue weighted by molar-refractivity contribution is 6.21. The summed E-state index contributed by atoms with van der Waals surface area (Å²) in [6, 6.07) is 12.0. The molecule has 1 aliphatic rings. The summed E-state index contributed by atoms with van der Waals surface area (Å²) in [6.07, 6.45) is 1.65. The number of nitrogens with zero attached hydrogens (tertiary/aromatic N) is 1. The summed E-state index contributed by atoms with van der Waals surface area (Å²) < 4.78 is 5.27. The second-order valence-electron chi connectivity index (χ2n) is 5.95. The van der Waals surface area contributed by atoms with E-state index >= 15 is 0 Å². The Morgan fingerprint density at radius 2 is 1.72 bits per heavy atom. The molecule has 2 aromatic carbocycles. The Kier molecular flexibility index (Phi) is 4.52. The minimum atomic E-state index is -0.388. The van der Waals surface area contributed by atoms with Crippen molar-refractivity contribution in [3.8, 4) is 5.75 Å². The van der Waals surface area contributed by atoms with Crippen molar-refractivity contribution in [3.05, 3.63) is 59.2 Å². The Bertz CT molecular complexity index is 843. The number of hydrogen-bond donors (Lipinski definition) is 1. The molecule has 0 aliphatic carbocycles. The average Bonchev–Trinajstić information content (AvgIpc) is 2.81. The largest absolute Gasteiger partial charge is 0.427 e. The van der Waals surface area contributed by atoms with Crippen molar-refractivity contribution in [2.24, 2.45) is 0 Å². The lowest BCUT2D eigenvalue weighted by molar-refractivity contribution is -0.134. The normalized spacial score (nSPS) is 13.1. The maximum atomic E-state index is 12.0. The Hall–Kier alpha value is -3.15. The molecule has 1 aliphatic heterocycles. The van der Waals surface area contributed by atoms with Crippen molar-refractivity contribution in [1.82, 2.24) is 4.90 Å². The number of ether oxygens (including phenoxy) is 1. The van der Waals surface area contributed by atoms with Crippen LogP contribution in [0, 0.1) is 0 Å². The minimum absolute atomic E-state index is 0.258. The van der Waals surface area contributed by atoms with E-state index in [4.69, 9.17) is 10.5 Å². The van der Waals surface area contributed by atoms with E-state index in [0.717, 1.165) is 16.9 Å². The van der Waals surface area contributed by atoms with E-state index < -0.39 is 0 Å². The molecule has 0 unspecified atom stereocenters. The zero-order chi connectivity index (χ0) is 18.0. The number of aryl methyl sites for hydroxylation is 1. The van der Waals surface area contributed by atoms with Crippen LogP contribution in [-0.4, -0.2) is 29.7 Å². The van der Waals surface area contributed by atoms with Crippen LogP contribution < -0.4 is 10.5 Å². The van der Waals surface area contributed by atoms with Gasteiger partial charge in [-0.2, -0.15) is 0 Å². The van der Waals surface area contributed by atoms with Crippen LogP contribution in [0.4, 0.5) is 5.69 Å². The Balaban J connectivity index is 1.56. The van der Waals surface area contributed by atoms with Crippen LogP contribution in [0.2, 0.25) is 0 Å². The maximum absolute atomic E-state index is 12.0. The first kappa shape index (κ1) is 16.7. The van der Waals surface area contributed by atoms with Gasteiger partial charge in [0.15, 0.2) is 0 Å². The van der Waals surface area contributed by atoms with Crippen LogP contribution >= 0.6 is 0 Å². The lowest BCUT2D eigenvalue weighted by Gasteiger charge is -2.06. The van der Waals surface area contributed by atoms with Gasteiger partial charge in [-0.1, -0.05) is 12.1 Å². The molecule has 1 heterocycles. The summed E-state index contributed by atoms with van der Waals surface area (Å²) in [4.78, 5) is 36.8. The van der Waals surface area contributed by atoms with Crippen LogP contribution in [0.1, 0.15) is 39.1 Å². The Labute approximate surface area is 145 Å². The summed E-state index contributed by atoms with van der Waals surface area (Å²) in [5.41, 5.74) is 8.04. The van der Waals surface area contributed by atoms with Gasteiger partial charge >= 0.3 is 5.97 Å². The molecule has 128 valence electrons. The molecule has 2 N–H and O–H groups in total. The molecule has 3 rings (SSSR count). The summed E-state index contributed by atoms with van der Waals surface area (Å²) in [5.74, 6) is -0.837. The summed E-state index contributed by atoms with van der Waals surface area (Å²) in [5, 5.41) is 0. The van der Waals surface area contributed by atoms with Gasteiger partial charge in [0.25, 0.3) is 11.8 Å². The third-order valence-corrected chi connectivity index (χ3v) is 4.12. The van der Waals surface area contributed by atoms with Gasteiger partial charge in [0, 0.05) is 19.2 Å². The molecule has 2 aromatic rings. The van der Waals surface area contributed by atoms with E-state index in [0.29, 0.717) is 17.7 Å². The first-order valence-electron chi connectivity index (χ1n) is 7.97. The number of amides is 2. The smallest absolute Gasteiger partial charge is 0.311 e. The number of carbonyl (C=O) groups excluding carboxylic acids is 3. The van der Waals surface area contributed by atoms with Gasteiger partial charge in [-0.05, 0) is 48.7 Å². The average molecular weight is 338 g/mol. The fraction of sp³-hybridized carbons (Fsp3) is 0.211. The monoisotopic (exact) mass is 338 g/mol. The Morgan fingerprint density at radius 3 is 2.44 bits per heavy atom. The Morgan fingerprint density at radius 1 is 1.04 bits per heavy atom. The second-order valence-corrected chi connectivity index (χ2v) is 5.95. The van der Waals surface area contributed by atoms with Gasteiger partial charge in [-0.3, -0.25) is 19.3 Å². The molecule has 0 atom stereocenters. The van der Waals surface area contributed by atoms with Crippen LogP contribution in [0.25, 0.3) is 0 Å². The summed E-state index contributed by atoms with van der Waals surface area (Å²) in [6.45, 7) is 0. The molecule has 0 bridgehead atoms. The van der Waals surface area contributed by atoms with Crippen molar-refractivity contribution in [2.75, 3.05) is 12.8 Å². The lowest BCUT2D eigenvalue weighted by atomic mass is 10.1. The number of rotatable bonds is 5. The van der Waals surface area contributed by atoms with E-state index in [2.05, 4.69) is 0 Å². The maximum Gasteiger partial charge on any atom is 0.311 e. The number of fused-ring (bicyclic) bond motifs is 1. The lowest BCUT2D eigenvalue weighted by Crippen LogP contribution is -2.24. The number of anilines is 1. The third kappa shape index (κ3) is 3.52. The number of esters is 1. The van der Waals surface area contributed by atoms with Crippen LogP contribution in [-0.2, 0) is 11.2 Å². The fourth-order valence-corrected chi connectivity index (χ4v) is 2.71. The zero-order valence-electron chi connectivity index (χ0n) is 13.8. The van der Waals surface area contributed by atoms with Crippen molar-refractivity contribution < 1.29 is 19.1 Å². The van der Waals surface area contributed by atoms with Crippen LogP contribution in [0.5, 0.6) is 5.75 Å². The van der Waals surface area contributed by atoms with Gasteiger partial charge in [0.2, 0.25) is 0 Å². The molecular weight excluding hydrogens is 320 g/mol. The zero-order valence-corrected chi connectivity index (χ0v) is 13.8. The third-order valence-electron chi connectivity index (χ3n) is 4.12. The van der Waals surface area contributed by atoms with Gasteiger partial charge in [-0.25, -0.2) is 0 Å². The predicted molar refractivity (Wildman–Crippen MR) is 92.3 cm³/mol. The van der Waals surface area contributed by atoms with E-state index in [1.165, 1.54) is 25.2 Å². The van der Waals surface area contributed by atoms with Gasteiger partial charge in [0.1, 0.15) is 5.75 Å². The first-order valence-corrected chi connectivity index (χ1v) is 7.97. The molecule has 6 heteroatoms. The van der Waals surface area contributed by atoms with Crippen molar-refractivity contribution >= 4 is 23.5 Å². The number of nitrogens with two attached hydrogens (primary N) is 1. The second kappa shape index (κ2) is 6.76. The fourth-order valence-electron chi connectivity index (χ4n) is 2.71. The molecule has 0 saturated heterocycles. The van der Waals surface area contributed by atoms with Gasteiger partial charge < -0.3 is 10.5 Å². The molecule has 0 aromatic heterocycles. The molecular formula is C19H18N2O4. The quantitative estimate of drug-likeness (QED) is 0.391. The molecule has 0 fully saturated rings. The molecule has 2 amide bonds. The van der Waals surface area contributed by atoms with E-state index in [-0.39, 0.29) is 35.5 Å². The summed E-state index contributed by atoms with van der Waals surface area (Å²) in [7, 11) is 1.42. The van der Waals surface area contributed by atoms with Crippen LogP contribution in [0.15, 0.2) is 42.5 Å². The molecule has 0 radical (unpaired) electrons. The highest BCUT2D eigenvalue weighted by Gasteiger charge is 2.33. The van der Waals surface area contributed by atoms with E-state index in [1.54, 1.807) is 0 Å². The number of imide groups is 1. The first-order chi connectivity index (χ1) is 12.0.